The summed E-state index contributed by atoms with van der Waals surface area (Å²) in [6.07, 6.45) is 2.15. The van der Waals surface area contributed by atoms with Gasteiger partial charge in [-0.05, 0) is 35.1 Å². The summed E-state index contributed by atoms with van der Waals surface area (Å²) < 4.78 is 0. The topological polar surface area (TPSA) is 0 Å². The van der Waals surface area contributed by atoms with Crippen LogP contribution < -0.4 is 0 Å². The van der Waals surface area contributed by atoms with Crippen LogP contribution in [0.3, 0.4) is 0 Å². The molecule has 6 aromatic rings. The zero-order valence-electron chi connectivity index (χ0n) is 25.6. The number of hydrogen-bond donors (Lipinski definition) is 0. The number of aryl methyl sites for hydroxylation is 4. The first-order chi connectivity index (χ1) is 20.4. The minimum absolute atomic E-state index is 0.826. The van der Waals surface area contributed by atoms with Crippen molar-refractivity contribution < 1.29 is 20.8 Å². The molecule has 42 heavy (non-hydrogen) atoms. The van der Waals surface area contributed by atoms with E-state index < -0.39 is 20.8 Å². The summed E-state index contributed by atoms with van der Waals surface area (Å²) in [5.74, 6) is 0. The summed E-state index contributed by atoms with van der Waals surface area (Å²) in [7, 11) is 11.0. The van der Waals surface area contributed by atoms with Gasteiger partial charge in [-0.3, -0.25) is 0 Å². The van der Waals surface area contributed by atoms with Crippen molar-refractivity contribution in [3.63, 3.8) is 0 Å². The molecule has 6 rings (SSSR count). The maximum absolute atomic E-state index is 4.93. The van der Waals surface area contributed by atoms with E-state index >= 15 is 0 Å². The van der Waals surface area contributed by atoms with Crippen LogP contribution in [0.15, 0.2) is 109 Å². The average molecular weight is 687 g/mol. The van der Waals surface area contributed by atoms with Crippen LogP contribution in [0.25, 0.3) is 43.8 Å². The average Bonchev–Trinajstić information content (AvgIpc) is 3.59. The zero-order valence-corrected chi connectivity index (χ0v) is 30.5. The molecule has 0 spiro atoms. The molecule has 4 heteroatoms. The summed E-state index contributed by atoms with van der Waals surface area (Å²) in [5.41, 5.74) is 11.0. The van der Waals surface area contributed by atoms with Gasteiger partial charge in [0.05, 0.1) is 0 Å². The van der Waals surface area contributed by atoms with E-state index in [-0.39, 0.29) is 0 Å². The summed E-state index contributed by atoms with van der Waals surface area (Å²) in [6.45, 7) is 13.1. The minimum atomic E-state index is -0.826. The van der Waals surface area contributed by atoms with E-state index in [2.05, 4.69) is 150 Å². The first kappa shape index (κ1) is 34.3. The predicted octanol–water partition coefficient (Wildman–Crippen LogP) is 12.4. The van der Waals surface area contributed by atoms with E-state index in [1.54, 1.807) is 0 Å². The Kier molecular flexibility index (Phi) is 14.5. The number of benzene rings is 4. The van der Waals surface area contributed by atoms with E-state index in [4.69, 9.17) is 17.0 Å². The Labute approximate surface area is 274 Å². The van der Waals surface area contributed by atoms with Crippen LogP contribution in [0, 0.1) is 13.8 Å². The van der Waals surface area contributed by atoms with E-state index in [0.29, 0.717) is 0 Å². The molecule has 0 bridgehead atoms. The Bertz CT molecular complexity index is 1550. The molecule has 0 amide bonds. The Balaban J connectivity index is 0.000000195. The zero-order chi connectivity index (χ0) is 30.5. The third-order valence-electron chi connectivity index (χ3n) is 7.17. The van der Waals surface area contributed by atoms with Gasteiger partial charge < -0.3 is 0 Å². The molecule has 0 saturated carbocycles. The molecular weight excluding hydrogens is 647 g/mol. The SMILES string of the molecule is CCc1ccccc1-c1cccc2[cH-]c(C)cc12.CCc1ccccc1-c1cccc2[cH-]c(C)cc12.C[Si]C.[Cl][Zr+2][Cl]. The molecule has 6 aromatic carbocycles. The van der Waals surface area contributed by atoms with Crippen molar-refractivity contribution >= 4 is 48.1 Å². The van der Waals surface area contributed by atoms with Crippen LogP contribution >= 0.6 is 17.0 Å². The van der Waals surface area contributed by atoms with Crippen LogP contribution in [0.1, 0.15) is 36.1 Å². The summed E-state index contributed by atoms with van der Waals surface area (Å²) in [5, 5.41) is 5.43. The van der Waals surface area contributed by atoms with Crippen LogP contribution in [0.2, 0.25) is 13.1 Å². The Morgan fingerprint density at radius 3 is 1.26 bits per heavy atom. The maximum atomic E-state index is 4.93. The van der Waals surface area contributed by atoms with E-state index in [1.165, 1.54) is 66.1 Å². The van der Waals surface area contributed by atoms with Crippen LogP contribution in [0.5, 0.6) is 0 Å². The predicted molar refractivity (Wildman–Crippen MR) is 187 cm³/mol. The number of fused-ring (bicyclic) bond motifs is 2. The molecule has 214 valence electrons. The Morgan fingerprint density at radius 2 is 0.905 bits per heavy atom. The first-order valence-corrected chi connectivity index (χ1v) is 22.8. The third-order valence-corrected chi connectivity index (χ3v) is 7.17. The molecule has 0 aliphatic rings. The molecule has 0 atom stereocenters. The van der Waals surface area contributed by atoms with Crippen LogP contribution in [0.4, 0.5) is 0 Å². The molecule has 0 N–H and O–H groups in total. The normalized spacial score (nSPS) is 10.1. The monoisotopic (exact) mass is 684 g/mol. The molecular formula is C38H40Cl2SiZr. The second-order valence-electron chi connectivity index (χ2n) is 10.3. The van der Waals surface area contributed by atoms with E-state index in [1.807, 2.05) is 0 Å². The molecule has 2 radical (unpaired) electrons. The van der Waals surface area contributed by atoms with Gasteiger partial charge in [0.2, 0.25) is 0 Å². The van der Waals surface area contributed by atoms with Crippen molar-refractivity contribution in [1.82, 2.24) is 0 Å². The van der Waals surface area contributed by atoms with Crippen molar-refractivity contribution in [2.45, 2.75) is 53.6 Å². The molecule has 0 aromatic heterocycles. The second kappa shape index (κ2) is 17.8. The van der Waals surface area contributed by atoms with Crippen molar-refractivity contribution in [2.24, 2.45) is 0 Å². The van der Waals surface area contributed by atoms with Gasteiger partial charge in [-0.2, -0.15) is 12.1 Å². The first-order valence-electron chi connectivity index (χ1n) is 14.5. The second-order valence-corrected chi connectivity index (χ2v) is 15.0. The fraction of sp³-hybridized carbons (Fsp3) is 0.211. The van der Waals surface area contributed by atoms with Gasteiger partial charge in [-0.25, -0.2) is 0 Å². The number of halogens is 2. The molecule has 0 nitrogen and oxygen atoms in total. The molecule has 0 aliphatic heterocycles. The summed E-state index contributed by atoms with van der Waals surface area (Å²) >= 11 is -0.826. The Hall–Kier alpha value is -2.22. The van der Waals surface area contributed by atoms with Gasteiger partial charge in [0.15, 0.2) is 0 Å². The van der Waals surface area contributed by atoms with Gasteiger partial charge in [0, 0.05) is 9.52 Å². The van der Waals surface area contributed by atoms with Gasteiger partial charge in [0.1, 0.15) is 0 Å². The fourth-order valence-electron chi connectivity index (χ4n) is 5.42. The third kappa shape index (κ3) is 8.90. The van der Waals surface area contributed by atoms with E-state index in [0.717, 1.165) is 22.4 Å². The standard InChI is InChI=1S/2C18H17.C2H6Si.2ClH.Zr/c2*1-3-14-7-4-5-9-16(14)17-10-6-8-15-11-13(2)12-18(15)17;1-3-2;;;/h2*4-12H,3H2,1-2H3;1-2H3;2*1H;/q2*-1;;;;+4/p-2. The molecule has 0 unspecified atom stereocenters. The van der Waals surface area contributed by atoms with Gasteiger partial charge >= 0.3 is 37.9 Å². The number of hydrogen-bond acceptors (Lipinski definition) is 0. The van der Waals surface area contributed by atoms with Crippen molar-refractivity contribution in [3.05, 3.63) is 131 Å². The van der Waals surface area contributed by atoms with Gasteiger partial charge in [-0.1, -0.05) is 113 Å². The van der Waals surface area contributed by atoms with Crippen LogP contribution in [-0.4, -0.2) is 9.52 Å². The molecule has 0 fully saturated rings. The van der Waals surface area contributed by atoms with Crippen molar-refractivity contribution in [2.75, 3.05) is 0 Å². The quantitative estimate of drug-likeness (QED) is 0.128. The Morgan fingerprint density at radius 1 is 0.571 bits per heavy atom. The molecule has 0 saturated heterocycles. The van der Waals surface area contributed by atoms with E-state index in [9.17, 15) is 0 Å². The molecule has 0 aliphatic carbocycles. The molecule has 0 heterocycles. The fourth-order valence-corrected chi connectivity index (χ4v) is 5.42. The van der Waals surface area contributed by atoms with Crippen LogP contribution in [-0.2, 0) is 33.7 Å². The van der Waals surface area contributed by atoms with Gasteiger partial charge in [-0.15, -0.1) is 69.1 Å². The summed E-state index contributed by atoms with van der Waals surface area (Å²) in [6, 6.07) is 39.7. The van der Waals surface area contributed by atoms with Crippen molar-refractivity contribution in [1.29, 1.82) is 0 Å². The van der Waals surface area contributed by atoms with Gasteiger partial charge in [0.25, 0.3) is 0 Å². The number of rotatable bonds is 4. The summed E-state index contributed by atoms with van der Waals surface area (Å²) in [4.78, 5) is 0. The van der Waals surface area contributed by atoms with Crippen molar-refractivity contribution in [3.8, 4) is 22.3 Å².